The zero-order chi connectivity index (χ0) is 18.4. The highest BCUT2D eigenvalue weighted by molar-refractivity contribution is 5.98. The van der Waals surface area contributed by atoms with Gasteiger partial charge < -0.3 is 19.3 Å². The van der Waals surface area contributed by atoms with E-state index < -0.39 is 0 Å². The Kier molecular flexibility index (Phi) is 3.88. The highest BCUT2D eigenvalue weighted by atomic mass is 16.6. The number of hydrogen-bond acceptors (Lipinski definition) is 6. The lowest BCUT2D eigenvalue weighted by molar-refractivity contribution is 0.0772. The summed E-state index contributed by atoms with van der Waals surface area (Å²) in [6.07, 6.45) is 3.46. The summed E-state index contributed by atoms with van der Waals surface area (Å²) in [6.45, 7) is 6.45. The van der Waals surface area contributed by atoms with Crippen molar-refractivity contribution in [2.75, 3.05) is 44.3 Å². The first-order valence-electron chi connectivity index (χ1n) is 9.40. The molecule has 0 N–H and O–H groups in total. The minimum Gasteiger partial charge on any atom is -0.486 e. The number of likely N-dealkylation sites (tertiary alicyclic amines) is 1. The number of hydrogen-bond donors (Lipinski definition) is 0. The molecular weight excluding hydrogens is 344 g/mol. The molecule has 2 unspecified atom stereocenters. The predicted molar refractivity (Wildman–Crippen MR) is 99.3 cm³/mol. The third-order valence-corrected chi connectivity index (χ3v) is 5.74. The molecule has 140 valence electrons. The summed E-state index contributed by atoms with van der Waals surface area (Å²) >= 11 is 0. The molecular formula is C20H22N4O3. The van der Waals surface area contributed by atoms with Crippen molar-refractivity contribution in [3.8, 4) is 11.5 Å². The molecule has 3 aliphatic heterocycles. The number of carbonyl (C=O) groups is 1. The molecule has 1 amide bonds. The Hall–Kier alpha value is -2.83. The molecule has 0 radical (unpaired) electrons. The van der Waals surface area contributed by atoms with Crippen molar-refractivity contribution >= 4 is 11.7 Å². The van der Waals surface area contributed by atoms with Gasteiger partial charge in [0.1, 0.15) is 25.4 Å². The summed E-state index contributed by atoms with van der Waals surface area (Å²) in [4.78, 5) is 25.9. The number of anilines is 1. The maximum Gasteiger partial charge on any atom is 0.257 e. The molecule has 0 bridgehead atoms. The highest BCUT2D eigenvalue weighted by Gasteiger charge is 2.43. The highest BCUT2D eigenvalue weighted by Crippen LogP contribution is 2.38. The van der Waals surface area contributed by atoms with E-state index >= 15 is 0 Å². The van der Waals surface area contributed by atoms with Crippen molar-refractivity contribution < 1.29 is 14.3 Å². The molecule has 3 aliphatic rings. The van der Waals surface area contributed by atoms with E-state index in [1.54, 1.807) is 6.33 Å². The van der Waals surface area contributed by atoms with Crippen molar-refractivity contribution in [2.24, 2.45) is 11.8 Å². The topological polar surface area (TPSA) is 67.8 Å². The second kappa shape index (κ2) is 6.40. The third-order valence-electron chi connectivity index (χ3n) is 5.74. The minimum atomic E-state index is 0.0384. The van der Waals surface area contributed by atoms with Gasteiger partial charge in [-0.3, -0.25) is 4.79 Å². The van der Waals surface area contributed by atoms with Gasteiger partial charge in [-0.1, -0.05) is 6.07 Å². The molecule has 1 aromatic carbocycles. The normalized spacial score (nSPS) is 23.4. The van der Waals surface area contributed by atoms with Crippen molar-refractivity contribution in [2.45, 2.75) is 6.92 Å². The number of benzene rings is 1. The third kappa shape index (κ3) is 2.78. The number of para-hydroxylation sites is 1. The van der Waals surface area contributed by atoms with Crippen molar-refractivity contribution in [1.82, 2.24) is 14.9 Å². The van der Waals surface area contributed by atoms with E-state index in [9.17, 15) is 4.79 Å². The Morgan fingerprint density at radius 2 is 1.89 bits per heavy atom. The molecule has 2 saturated heterocycles. The first kappa shape index (κ1) is 16.4. The van der Waals surface area contributed by atoms with Crippen LogP contribution < -0.4 is 14.4 Å². The van der Waals surface area contributed by atoms with Crippen LogP contribution in [0.1, 0.15) is 15.9 Å². The van der Waals surface area contributed by atoms with Gasteiger partial charge in [0, 0.05) is 49.8 Å². The second-order valence-corrected chi connectivity index (χ2v) is 7.49. The van der Waals surface area contributed by atoms with Crippen molar-refractivity contribution in [1.29, 1.82) is 0 Å². The molecule has 5 rings (SSSR count). The average Bonchev–Trinajstić information content (AvgIpc) is 3.26. The molecule has 7 nitrogen and oxygen atoms in total. The van der Waals surface area contributed by atoms with E-state index in [1.165, 1.54) is 0 Å². The Labute approximate surface area is 157 Å². The van der Waals surface area contributed by atoms with Gasteiger partial charge in [0.2, 0.25) is 0 Å². The van der Waals surface area contributed by atoms with Crippen LogP contribution in [-0.2, 0) is 0 Å². The zero-order valence-corrected chi connectivity index (χ0v) is 15.3. The lowest BCUT2D eigenvalue weighted by atomic mass is 10.0. The van der Waals surface area contributed by atoms with Crippen LogP contribution in [0.25, 0.3) is 0 Å². The van der Waals surface area contributed by atoms with Gasteiger partial charge in [-0.05, 0) is 19.1 Å². The monoisotopic (exact) mass is 366 g/mol. The summed E-state index contributed by atoms with van der Waals surface area (Å²) < 4.78 is 11.3. The van der Waals surface area contributed by atoms with Crippen LogP contribution in [0, 0.1) is 18.8 Å². The smallest absolute Gasteiger partial charge is 0.257 e. The molecule has 0 saturated carbocycles. The molecule has 0 spiro atoms. The van der Waals surface area contributed by atoms with E-state index in [2.05, 4.69) is 14.9 Å². The number of rotatable bonds is 2. The summed E-state index contributed by atoms with van der Waals surface area (Å²) in [5, 5.41) is 0. The van der Waals surface area contributed by atoms with Gasteiger partial charge in [-0.2, -0.15) is 0 Å². The lowest BCUT2D eigenvalue weighted by Gasteiger charge is -2.25. The molecule has 27 heavy (non-hydrogen) atoms. The molecule has 2 atom stereocenters. The van der Waals surface area contributed by atoms with E-state index in [4.69, 9.17) is 9.47 Å². The number of carbonyl (C=O) groups excluding carboxylic acids is 1. The largest absolute Gasteiger partial charge is 0.486 e. The Morgan fingerprint density at radius 3 is 2.67 bits per heavy atom. The van der Waals surface area contributed by atoms with Crippen molar-refractivity contribution in [3.05, 3.63) is 41.9 Å². The minimum absolute atomic E-state index is 0.0384. The fourth-order valence-electron chi connectivity index (χ4n) is 4.47. The van der Waals surface area contributed by atoms with E-state index in [0.29, 0.717) is 42.1 Å². The maximum atomic E-state index is 13.1. The molecule has 4 heterocycles. The van der Waals surface area contributed by atoms with Crippen LogP contribution in [0.2, 0.25) is 0 Å². The lowest BCUT2D eigenvalue weighted by Crippen LogP contribution is -2.34. The van der Waals surface area contributed by atoms with Crippen LogP contribution in [0.4, 0.5) is 5.82 Å². The molecule has 2 aromatic rings. The fourth-order valence-corrected chi connectivity index (χ4v) is 4.47. The second-order valence-electron chi connectivity index (χ2n) is 7.49. The van der Waals surface area contributed by atoms with Gasteiger partial charge in [0.05, 0.1) is 5.56 Å². The first-order valence-corrected chi connectivity index (χ1v) is 9.40. The molecule has 0 aliphatic carbocycles. The summed E-state index contributed by atoms with van der Waals surface area (Å²) in [5.74, 6) is 3.25. The van der Waals surface area contributed by atoms with Gasteiger partial charge in [-0.15, -0.1) is 0 Å². The number of ether oxygens (including phenoxy) is 2. The van der Waals surface area contributed by atoms with Crippen molar-refractivity contribution in [3.63, 3.8) is 0 Å². The zero-order valence-electron chi connectivity index (χ0n) is 15.3. The summed E-state index contributed by atoms with van der Waals surface area (Å²) in [7, 11) is 0. The van der Waals surface area contributed by atoms with E-state index in [1.807, 2.05) is 36.2 Å². The number of fused-ring (bicyclic) bond motifs is 2. The molecule has 2 fully saturated rings. The molecule has 1 aromatic heterocycles. The Morgan fingerprint density at radius 1 is 1.11 bits per heavy atom. The van der Waals surface area contributed by atoms with Gasteiger partial charge in [-0.25, -0.2) is 9.97 Å². The van der Waals surface area contributed by atoms with Crippen LogP contribution in [0.15, 0.2) is 30.7 Å². The van der Waals surface area contributed by atoms with Gasteiger partial charge in [0.15, 0.2) is 11.5 Å². The van der Waals surface area contributed by atoms with Crippen LogP contribution in [0.5, 0.6) is 11.5 Å². The molecule has 7 heteroatoms. The van der Waals surface area contributed by atoms with Crippen LogP contribution in [-0.4, -0.2) is 60.2 Å². The van der Waals surface area contributed by atoms with Crippen LogP contribution >= 0.6 is 0 Å². The predicted octanol–water partition coefficient (Wildman–Crippen LogP) is 1.76. The maximum absolute atomic E-state index is 13.1. The first-order chi connectivity index (χ1) is 13.2. The summed E-state index contributed by atoms with van der Waals surface area (Å²) in [5.41, 5.74) is 1.70. The van der Waals surface area contributed by atoms with E-state index in [-0.39, 0.29) is 5.91 Å². The Bertz CT molecular complexity index is 873. The number of amides is 1. The van der Waals surface area contributed by atoms with Gasteiger partial charge in [0.25, 0.3) is 5.91 Å². The standard InChI is InChI=1S/C20H22N4O3/c1-13-7-21-12-22-19(13)23-8-14-10-24(11-15(14)9-23)20(25)16-3-2-4-17-18(16)27-6-5-26-17/h2-4,7,12,14-15H,5-6,8-11H2,1H3. The van der Waals surface area contributed by atoms with Crippen LogP contribution in [0.3, 0.4) is 0 Å². The van der Waals surface area contributed by atoms with E-state index in [0.717, 1.165) is 37.6 Å². The number of aromatic nitrogens is 2. The Balaban J connectivity index is 1.31. The SMILES string of the molecule is Cc1cncnc1N1CC2CN(C(=O)c3cccc4c3OCCO4)CC2C1. The summed E-state index contributed by atoms with van der Waals surface area (Å²) in [6, 6.07) is 5.55. The average molecular weight is 366 g/mol. The van der Waals surface area contributed by atoms with Gasteiger partial charge >= 0.3 is 0 Å². The number of aryl methyl sites for hydroxylation is 1. The number of nitrogens with zero attached hydrogens (tertiary/aromatic N) is 4. The quantitative estimate of drug-likeness (QED) is 0.807. The fraction of sp³-hybridized carbons (Fsp3) is 0.450.